The zero-order chi connectivity index (χ0) is 28.9. The van der Waals surface area contributed by atoms with Gasteiger partial charge in [0.25, 0.3) is 5.91 Å². The second-order valence-electron chi connectivity index (χ2n) is 9.40. The molecule has 3 aromatic rings. The van der Waals surface area contributed by atoms with Crippen molar-refractivity contribution in [3.63, 3.8) is 0 Å². The molecule has 0 spiro atoms. The summed E-state index contributed by atoms with van der Waals surface area (Å²) < 4.78 is 41.7. The lowest BCUT2D eigenvalue weighted by atomic mass is 10.0. The zero-order valence-electron chi connectivity index (χ0n) is 21.6. The summed E-state index contributed by atoms with van der Waals surface area (Å²) in [4.78, 5) is 21.0. The molecule has 1 aromatic heterocycles. The van der Waals surface area contributed by atoms with Crippen LogP contribution in [0.1, 0.15) is 38.2 Å². The van der Waals surface area contributed by atoms with E-state index in [0.29, 0.717) is 29.8 Å². The van der Waals surface area contributed by atoms with Gasteiger partial charge in [0.15, 0.2) is 0 Å². The van der Waals surface area contributed by atoms with Gasteiger partial charge in [0, 0.05) is 67.6 Å². The number of amides is 1. The number of rotatable bonds is 5. The van der Waals surface area contributed by atoms with E-state index in [2.05, 4.69) is 27.0 Å². The molecule has 204 valence electrons. The van der Waals surface area contributed by atoms with Crippen molar-refractivity contribution in [2.45, 2.75) is 12.7 Å². The van der Waals surface area contributed by atoms with E-state index in [1.807, 2.05) is 18.0 Å². The molecule has 4 N–H and O–H groups in total. The number of halogens is 3. The highest BCUT2D eigenvalue weighted by Crippen LogP contribution is 2.34. The van der Waals surface area contributed by atoms with Crippen molar-refractivity contribution in [3.05, 3.63) is 88.2 Å². The quantitative estimate of drug-likeness (QED) is 0.253. The predicted octanol–water partition coefficient (Wildman–Crippen LogP) is 3.97. The van der Waals surface area contributed by atoms with Crippen LogP contribution in [0.3, 0.4) is 0 Å². The number of aromatic nitrogens is 1. The minimum atomic E-state index is -4.58. The van der Waals surface area contributed by atoms with Crippen LogP contribution >= 0.6 is 0 Å². The third-order valence-corrected chi connectivity index (χ3v) is 6.45. The van der Waals surface area contributed by atoms with Gasteiger partial charge in [0.1, 0.15) is 5.71 Å². The molecule has 0 unspecified atom stereocenters. The number of nitrogens with two attached hydrogens (primary N) is 1. The number of pyridine rings is 1. The van der Waals surface area contributed by atoms with Crippen LogP contribution < -0.4 is 11.1 Å². The molecule has 1 aliphatic heterocycles. The van der Waals surface area contributed by atoms with Crippen LogP contribution in [0, 0.1) is 28.6 Å². The van der Waals surface area contributed by atoms with E-state index in [1.165, 1.54) is 48.8 Å². The molecular weight excluding hydrogens is 519 g/mol. The number of nitriles is 1. The molecule has 0 saturated carbocycles. The van der Waals surface area contributed by atoms with Crippen LogP contribution in [0.25, 0.3) is 0 Å². The van der Waals surface area contributed by atoms with Crippen LogP contribution in [0.4, 0.5) is 24.5 Å². The lowest BCUT2D eigenvalue weighted by molar-refractivity contribution is -0.138. The minimum Gasteiger partial charge on any atom is -0.398 e. The molecule has 4 rings (SSSR count). The number of alkyl halides is 3. The highest BCUT2D eigenvalue weighted by atomic mass is 19.4. The molecule has 0 atom stereocenters. The standard InChI is InChI=1S/C29H26F3N7O/c1-38-8-10-39(11-9-38)18-21-4-5-23(14-25(21)29(30,31)32)37-28(40)22-12-20(16-36-17-22)3-7-27(35)24-13-19(15-33)2-6-26(24)34/h2,4-6,12-14,16-17,35H,8-11,18,34H2,1H3,(H,37,40). The Kier molecular flexibility index (Phi) is 8.49. The van der Waals surface area contributed by atoms with Crippen molar-refractivity contribution in [1.29, 1.82) is 10.7 Å². The van der Waals surface area contributed by atoms with Gasteiger partial charge in [-0.15, -0.1) is 0 Å². The lowest BCUT2D eigenvalue weighted by Crippen LogP contribution is -2.44. The van der Waals surface area contributed by atoms with Crippen LogP contribution in [0.5, 0.6) is 0 Å². The third kappa shape index (κ3) is 7.03. The average molecular weight is 546 g/mol. The molecule has 1 amide bonds. The van der Waals surface area contributed by atoms with Gasteiger partial charge in [-0.25, -0.2) is 0 Å². The molecule has 40 heavy (non-hydrogen) atoms. The van der Waals surface area contributed by atoms with Gasteiger partial charge >= 0.3 is 6.18 Å². The van der Waals surface area contributed by atoms with Gasteiger partial charge in [-0.1, -0.05) is 12.0 Å². The van der Waals surface area contributed by atoms with Crippen molar-refractivity contribution in [3.8, 4) is 17.9 Å². The first-order chi connectivity index (χ1) is 19.0. The molecule has 2 aromatic carbocycles. The van der Waals surface area contributed by atoms with E-state index < -0.39 is 17.6 Å². The number of hydrogen-bond donors (Lipinski definition) is 3. The number of nitrogen functional groups attached to an aromatic ring is 1. The second kappa shape index (κ2) is 12.0. The average Bonchev–Trinajstić information content (AvgIpc) is 2.93. The second-order valence-corrected chi connectivity index (χ2v) is 9.40. The van der Waals surface area contributed by atoms with Gasteiger partial charge in [-0.3, -0.25) is 20.1 Å². The number of anilines is 2. The molecule has 2 heterocycles. The molecule has 0 radical (unpaired) electrons. The van der Waals surface area contributed by atoms with Crippen molar-refractivity contribution >= 4 is 23.0 Å². The van der Waals surface area contributed by atoms with Crippen LogP contribution in [-0.2, 0) is 12.7 Å². The van der Waals surface area contributed by atoms with Gasteiger partial charge in [0.05, 0.1) is 22.8 Å². The number of nitrogens with one attached hydrogen (secondary N) is 2. The highest BCUT2D eigenvalue weighted by Gasteiger charge is 2.34. The fourth-order valence-electron chi connectivity index (χ4n) is 4.18. The van der Waals surface area contributed by atoms with Crippen LogP contribution in [0.2, 0.25) is 0 Å². The number of benzene rings is 2. The Hall–Kier alpha value is -4.71. The Bertz CT molecular complexity index is 1540. The SMILES string of the molecule is CN1CCN(Cc2ccc(NC(=O)c3cncc(C#CC(=N)c4cc(C#N)ccc4N)c3)cc2C(F)(F)F)CC1. The summed E-state index contributed by atoms with van der Waals surface area (Å²) in [6, 6.07) is 11.7. The zero-order valence-corrected chi connectivity index (χ0v) is 21.6. The van der Waals surface area contributed by atoms with Crippen molar-refractivity contribution < 1.29 is 18.0 Å². The molecule has 0 aliphatic carbocycles. The van der Waals surface area contributed by atoms with E-state index in [4.69, 9.17) is 16.4 Å². The fourth-order valence-corrected chi connectivity index (χ4v) is 4.18. The number of carbonyl (C=O) groups excluding carboxylic acids is 1. The largest absolute Gasteiger partial charge is 0.416 e. The molecule has 0 bridgehead atoms. The van der Waals surface area contributed by atoms with E-state index in [9.17, 15) is 18.0 Å². The Labute approximate surface area is 229 Å². The Morgan fingerprint density at radius 3 is 2.55 bits per heavy atom. The van der Waals surface area contributed by atoms with Crippen molar-refractivity contribution in [2.24, 2.45) is 0 Å². The summed E-state index contributed by atoms with van der Waals surface area (Å²) in [6.07, 6.45) is -1.92. The molecule has 11 heteroatoms. The molecular formula is C29H26F3N7O. The lowest BCUT2D eigenvalue weighted by Gasteiger charge is -2.33. The first kappa shape index (κ1) is 28.3. The van der Waals surface area contributed by atoms with E-state index in [-0.39, 0.29) is 34.8 Å². The summed E-state index contributed by atoms with van der Waals surface area (Å²) in [5.74, 6) is 4.71. The van der Waals surface area contributed by atoms with Crippen LogP contribution in [0.15, 0.2) is 54.9 Å². The maximum Gasteiger partial charge on any atom is 0.416 e. The first-order valence-corrected chi connectivity index (χ1v) is 12.3. The number of piperazine rings is 1. The fraction of sp³-hybridized carbons (Fsp3) is 0.241. The van der Waals surface area contributed by atoms with Gasteiger partial charge in [0.2, 0.25) is 0 Å². The Balaban J connectivity index is 1.50. The molecule has 1 aliphatic rings. The smallest absolute Gasteiger partial charge is 0.398 e. The first-order valence-electron chi connectivity index (χ1n) is 12.3. The van der Waals surface area contributed by atoms with E-state index in [1.54, 1.807) is 0 Å². The monoisotopic (exact) mass is 545 g/mol. The molecule has 8 nitrogen and oxygen atoms in total. The summed E-state index contributed by atoms with van der Waals surface area (Å²) in [7, 11) is 1.98. The summed E-state index contributed by atoms with van der Waals surface area (Å²) >= 11 is 0. The number of hydrogen-bond acceptors (Lipinski definition) is 7. The van der Waals surface area contributed by atoms with E-state index >= 15 is 0 Å². The minimum absolute atomic E-state index is 0.00515. The van der Waals surface area contributed by atoms with Crippen LogP contribution in [-0.4, -0.2) is 59.6 Å². The van der Waals surface area contributed by atoms with Crippen molar-refractivity contribution in [1.82, 2.24) is 14.8 Å². The van der Waals surface area contributed by atoms with Gasteiger partial charge < -0.3 is 16.0 Å². The summed E-state index contributed by atoms with van der Waals surface area (Å²) in [6.45, 7) is 3.10. The highest BCUT2D eigenvalue weighted by molar-refractivity contribution is 6.14. The third-order valence-electron chi connectivity index (χ3n) is 6.45. The van der Waals surface area contributed by atoms with E-state index in [0.717, 1.165) is 19.2 Å². The summed E-state index contributed by atoms with van der Waals surface area (Å²) in [5, 5.41) is 19.8. The molecule has 1 saturated heterocycles. The Morgan fingerprint density at radius 2 is 1.85 bits per heavy atom. The predicted molar refractivity (Wildman–Crippen MR) is 146 cm³/mol. The molecule has 1 fully saturated rings. The van der Waals surface area contributed by atoms with Crippen molar-refractivity contribution in [2.75, 3.05) is 44.3 Å². The topological polar surface area (TPSA) is 122 Å². The van der Waals surface area contributed by atoms with Gasteiger partial charge in [-0.2, -0.15) is 18.4 Å². The summed E-state index contributed by atoms with van der Waals surface area (Å²) in [5.41, 5.74) is 6.44. The maximum atomic E-state index is 13.9. The number of nitrogens with zero attached hydrogens (tertiary/aromatic N) is 4. The number of carbonyl (C=O) groups is 1. The Morgan fingerprint density at radius 1 is 1.10 bits per heavy atom. The number of likely N-dealkylation sites (N-methyl/N-ethyl adjacent to an activating group) is 1. The maximum absolute atomic E-state index is 13.9. The van der Waals surface area contributed by atoms with Gasteiger partial charge in [-0.05, 0) is 54.9 Å². The normalized spacial score (nSPS) is 14.1.